The summed E-state index contributed by atoms with van der Waals surface area (Å²) in [5.41, 5.74) is 0.765. The van der Waals surface area contributed by atoms with Gasteiger partial charge in [-0.3, -0.25) is 4.79 Å². The molecule has 0 aliphatic heterocycles. The van der Waals surface area contributed by atoms with Crippen LogP contribution < -0.4 is 5.56 Å². The third-order valence-electron chi connectivity index (χ3n) is 2.20. The Morgan fingerprint density at radius 1 is 1.12 bits per heavy atom. The Kier molecular flexibility index (Phi) is 2.04. The van der Waals surface area contributed by atoms with Crippen LogP contribution in [0.3, 0.4) is 0 Å². The molecule has 1 aromatic carbocycles. The molecule has 2 aromatic heterocycles. The summed E-state index contributed by atoms with van der Waals surface area (Å²) < 4.78 is 1.33. The fraction of sp³-hybridized carbons (Fsp3) is 0. The van der Waals surface area contributed by atoms with Crippen LogP contribution in [-0.2, 0) is 0 Å². The second-order valence-corrected chi connectivity index (χ2v) is 4.13. The smallest absolute Gasteiger partial charge is 0.267 e. The molecule has 0 aliphatic carbocycles. The first-order valence-corrected chi connectivity index (χ1v) is 5.62. The Morgan fingerprint density at radius 2 is 1.94 bits per heavy atom. The van der Waals surface area contributed by atoms with Gasteiger partial charge in [0.05, 0.1) is 0 Å². The van der Waals surface area contributed by atoms with E-state index in [-0.39, 0.29) is 5.56 Å². The molecule has 0 unspecified atom stereocenters. The number of fused-ring (bicyclic) bond motifs is 1. The Balaban J connectivity index is 2.28. The van der Waals surface area contributed by atoms with Crippen LogP contribution in [0.4, 0.5) is 0 Å². The fourth-order valence-corrected chi connectivity index (χ4v) is 2.13. The molecule has 4 nitrogen and oxygen atoms in total. The average Bonchev–Trinajstić information content (AvgIpc) is 2.76. The second-order valence-electron chi connectivity index (χ2n) is 3.25. The van der Waals surface area contributed by atoms with Crippen LogP contribution >= 0.6 is 11.3 Å². The van der Waals surface area contributed by atoms with Crippen molar-refractivity contribution in [2.45, 2.75) is 0 Å². The van der Waals surface area contributed by atoms with Crippen LogP contribution in [-0.4, -0.2) is 14.6 Å². The Morgan fingerprint density at radius 3 is 2.69 bits per heavy atom. The molecule has 5 heteroatoms. The molecule has 3 rings (SSSR count). The van der Waals surface area contributed by atoms with Crippen LogP contribution in [0, 0.1) is 0 Å². The van der Waals surface area contributed by atoms with Crippen molar-refractivity contribution in [1.29, 1.82) is 0 Å². The molecular weight excluding hydrogens is 222 g/mol. The first-order chi connectivity index (χ1) is 7.84. The number of hydrogen-bond donors (Lipinski definition) is 0. The van der Waals surface area contributed by atoms with Crippen LogP contribution in [0.15, 0.2) is 46.6 Å². The monoisotopic (exact) mass is 229 g/mol. The summed E-state index contributed by atoms with van der Waals surface area (Å²) in [6, 6.07) is 11.1. The Hall–Kier alpha value is -2.01. The maximum Gasteiger partial charge on any atom is 0.274 e. The molecule has 0 radical (unpaired) electrons. The van der Waals surface area contributed by atoms with Gasteiger partial charge in [0.1, 0.15) is 0 Å². The van der Waals surface area contributed by atoms with Crippen molar-refractivity contribution in [1.82, 2.24) is 14.6 Å². The third kappa shape index (κ3) is 1.42. The minimum absolute atomic E-state index is 0.150. The van der Waals surface area contributed by atoms with Crippen molar-refractivity contribution in [2.75, 3.05) is 0 Å². The minimum atomic E-state index is -0.150. The van der Waals surface area contributed by atoms with Gasteiger partial charge < -0.3 is 0 Å². The van der Waals surface area contributed by atoms with Gasteiger partial charge in [-0.1, -0.05) is 30.3 Å². The molecule has 0 amide bonds. The second kappa shape index (κ2) is 3.53. The maximum absolute atomic E-state index is 11.5. The molecule has 0 atom stereocenters. The summed E-state index contributed by atoms with van der Waals surface area (Å²) >= 11 is 1.40. The van der Waals surface area contributed by atoms with E-state index >= 15 is 0 Å². The average molecular weight is 229 g/mol. The molecule has 0 aliphatic rings. The normalized spacial score (nSPS) is 10.8. The van der Waals surface area contributed by atoms with Gasteiger partial charge in [0.25, 0.3) is 5.56 Å². The molecule has 3 aromatic rings. The lowest BCUT2D eigenvalue weighted by Gasteiger charge is -1.90. The molecule has 0 spiro atoms. The zero-order valence-corrected chi connectivity index (χ0v) is 9.02. The van der Waals surface area contributed by atoms with E-state index in [2.05, 4.69) is 10.1 Å². The quantitative estimate of drug-likeness (QED) is 0.639. The first kappa shape index (κ1) is 9.23. The third-order valence-corrected chi connectivity index (χ3v) is 2.95. The maximum atomic E-state index is 11.5. The number of hydrogen-bond acceptors (Lipinski definition) is 4. The largest absolute Gasteiger partial charge is 0.274 e. The van der Waals surface area contributed by atoms with Gasteiger partial charge in [0.2, 0.25) is 4.96 Å². The van der Waals surface area contributed by atoms with Crippen molar-refractivity contribution in [3.05, 3.63) is 52.1 Å². The zero-order chi connectivity index (χ0) is 11.0. The highest BCUT2D eigenvalue weighted by molar-refractivity contribution is 7.14. The topological polar surface area (TPSA) is 47.3 Å². The van der Waals surface area contributed by atoms with E-state index in [1.54, 1.807) is 5.38 Å². The van der Waals surface area contributed by atoms with Crippen molar-refractivity contribution in [3.63, 3.8) is 0 Å². The predicted molar refractivity (Wildman–Crippen MR) is 62.6 cm³/mol. The molecule has 0 fully saturated rings. The fourth-order valence-electron chi connectivity index (χ4n) is 1.45. The van der Waals surface area contributed by atoms with E-state index in [0.717, 1.165) is 5.56 Å². The highest BCUT2D eigenvalue weighted by atomic mass is 32.1. The molecule has 78 valence electrons. The summed E-state index contributed by atoms with van der Waals surface area (Å²) in [6.45, 7) is 0. The van der Waals surface area contributed by atoms with Crippen molar-refractivity contribution >= 4 is 16.3 Å². The first-order valence-electron chi connectivity index (χ1n) is 4.74. The molecule has 2 heterocycles. The van der Waals surface area contributed by atoms with Crippen LogP contribution in [0.25, 0.3) is 16.3 Å². The van der Waals surface area contributed by atoms with Crippen molar-refractivity contribution in [2.24, 2.45) is 0 Å². The SMILES string of the molecule is O=c1ccsc2nc(-c3ccccc3)nn12. The van der Waals surface area contributed by atoms with Gasteiger partial charge in [-0.05, 0) is 5.38 Å². The minimum Gasteiger partial charge on any atom is -0.267 e. The van der Waals surface area contributed by atoms with Gasteiger partial charge in [0, 0.05) is 11.6 Å². The number of benzene rings is 1. The predicted octanol–water partition coefficient (Wildman–Crippen LogP) is 1.82. The lowest BCUT2D eigenvalue weighted by molar-refractivity contribution is 0.933. The standard InChI is InChI=1S/C11H7N3OS/c15-9-6-7-16-11-12-10(13-14(9)11)8-4-2-1-3-5-8/h1-7H. The summed E-state index contributed by atoms with van der Waals surface area (Å²) in [5.74, 6) is 0.583. The molecule has 0 bridgehead atoms. The van der Waals surface area contributed by atoms with Gasteiger partial charge in [-0.15, -0.1) is 16.4 Å². The van der Waals surface area contributed by atoms with Crippen molar-refractivity contribution in [3.8, 4) is 11.4 Å². The number of aromatic nitrogens is 3. The molecule has 0 N–H and O–H groups in total. The van der Waals surface area contributed by atoms with Crippen LogP contribution in [0.2, 0.25) is 0 Å². The summed E-state index contributed by atoms with van der Waals surface area (Å²) in [4.78, 5) is 16.4. The van der Waals surface area contributed by atoms with Gasteiger partial charge in [-0.2, -0.15) is 9.50 Å². The number of rotatable bonds is 1. The van der Waals surface area contributed by atoms with E-state index in [1.807, 2.05) is 30.3 Å². The molecule has 0 saturated heterocycles. The molecule has 16 heavy (non-hydrogen) atoms. The van der Waals surface area contributed by atoms with Gasteiger partial charge >= 0.3 is 0 Å². The summed E-state index contributed by atoms with van der Waals surface area (Å²) in [7, 11) is 0. The van der Waals surface area contributed by atoms with Crippen LogP contribution in [0.1, 0.15) is 0 Å². The van der Waals surface area contributed by atoms with Crippen molar-refractivity contribution < 1.29 is 0 Å². The summed E-state index contributed by atoms with van der Waals surface area (Å²) in [6.07, 6.45) is 0. The van der Waals surface area contributed by atoms with E-state index in [0.29, 0.717) is 10.8 Å². The van der Waals surface area contributed by atoms with E-state index in [4.69, 9.17) is 0 Å². The molecule has 0 saturated carbocycles. The lowest BCUT2D eigenvalue weighted by atomic mass is 10.2. The van der Waals surface area contributed by atoms with E-state index < -0.39 is 0 Å². The summed E-state index contributed by atoms with van der Waals surface area (Å²) in [5, 5.41) is 5.91. The van der Waals surface area contributed by atoms with Crippen LogP contribution in [0.5, 0.6) is 0 Å². The van der Waals surface area contributed by atoms with Gasteiger partial charge in [0.15, 0.2) is 5.82 Å². The number of nitrogens with zero attached hydrogens (tertiary/aromatic N) is 3. The Bertz CT molecular complexity index is 687. The Labute approximate surface area is 94.8 Å². The highest BCUT2D eigenvalue weighted by Gasteiger charge is 2.07. The molecular formula is C11H7N3OS. The van der Waals surface area contributed by atoms with E-state index in [9.17, 15) is 4.79 Å². The lowest BCUT2D eigenvalue weighted by Crippen LogP contribution is -2.10. The highest BCUT2D eigenvalue weighted by Crippen LogP contribution is 2.15. The van der Waals surface area contributed by atoms with E-state index in [1.165, 1.54) is 21.9 Å². The zero-order valence-electron chi connectivity index (χ0n) is 8.20. The van der Waals surface area contributed by atoms with Gasteiger partial charge in [-0.25, -0.2) is 0 Å².